The van der Waals surface area contributed by atoms with Crippen LogP contribution in [0.5, 0.6) is 28.7 Å². The fourth-order valence-electron chi connectivity index (χ4n) is 10.7. The molecular formula is C48H53N3O7. The maximum atomic E-state index is 11.5. The number of phenols is 2. The molecule has 1 aromatic heterocycles. The van der Waals surface area contributed by atoms with Gasteiger partial charge in [-0.3, -0.25) is 5.32 Å². The van der Waals surface area contributed by atoms with Crippen molar-refractivity contribution < 1.29 is 34.3 Å². The average Bonchev–Trinajstić information content (AvgIpc) is 3.73. The number of aromatic amines is 1. The molecule has 6 N–H and O–H groups in total. The predicted molar refractivity (Wildman–Crippen MR) is 224 cm³/mol. The van der Waals surface area contributed by atoms with Gasteiger partial charge >= 0.3 is 0 Å². The Bertz CT molecular complexity index is 2400. The van der Waals surface area contributed by atoms with Gasteiger partial charge in [0.1, 0.15) is 29.5 Å². The van der Waals surface area contributed by atoms with Crippen LogP contribution >= 0.6 is 0 Å². The number of aliphatic hydroxyl groups excluding tert-OH is 1. The number of aromatic hydroxyl groups is 2. The first-order valence-corrected chi connectivity index (χ1v) is 21.1. The topological polar surface area (TPSA) is 137 Å². The van der Waals surface area contributed by atoms with E-state index in [9.17, 15) is 15.3 Å². The number of H-pyrrole nitrogens is 1. The Kier molecular flexibility index (Phi) is 9.84. The van der Waals surface area contributed by atoms with E-state index in [4.69, 9.17) is 18.9 Å². The van der Waals surface area contributed by atoms with Gasteiger partial charge < -0.3 is 44.6 Å². The predicted octanol–water partition coefficient (Wildman–Crippen LogP) is 7.92. The molecule has 10 heteroatoms. The quantitative estimate of drug-likeness (QED) is 0.0781. The second-order valence-electron chi connectivity index (χ2n) is 16.8. The standard InChI is InChI=1S/C48H53N3O7/c1-49-23-29-19-36-39(53)15-12-32-44(36)37(43(29)27-8-13-38-26(18-27)16-17-50-38)21-34-35-22-42(56-25-51-30-6-4-3-5-7-30)46(28-9-14-40(54)41(20-28)55-2)58-47(35)33-11-10-31(24-52)57-48(33)45(32)34/h8-9,12-20,30-31,37,42-43,46,49-54H,3-7,10-11,21-25H2,1-2H3. The van der Waals surface area contributed by atoms with Gasteiger partial charge in [0.25, 0.3) is 0 Å². The second-order valence-corrected chi connectivity index (χ2v) is 16.8. The second kappa shape index (κ2) is 15.3. The van der Waals surface area contributed by atoms with Crippen molar-refractivity contribution in [2.45, 2.75) is 94.0 Å². The molecule has 10 rings (SSSR count). The van der Waals surface area contributed by atoms with Gasteiger partial charge in [-0.25, -0.2) is 0 Å². The number of methoxy groups -OCH3 is 1. The Morgan fingerprint density at radius 2 is 1.71 bits per heavy atom. The molecule has 10 nitrogen and oxygen atoms in total. The monoisotopic (exact) mass is 783 g/mol. The van der Waals surface area contributed by atoms with Crippen LogP contribution < -0.4 is 24.8 Å². The van der Waals surface area contributed by atoms with E-state index in [1.165, 1.54) is 41.3 Å². The van der Waals surface area contributed by atoms with Crippen molar-refractivity contribution >= 4 is 17.0 Å². The summed E-state index contributed by atoms with van der Waals surface area (Å²) in [6.45, 7) is 1.00. The van der Waals surface area contributed by atoms with Gasteiger partial charge in [0.2, 0.25) is 0 Å². The fourth-order valence-corrected chi connectivity index (χ4v) is 10.7. The molecule has 0 spiro atoms. The zero-order valence-electron chi connectivity index (χ0n) is 33.3. The molecule has 0 amide bonds. The number of ether oxygens (including phenoxy) is 4. The van der Waals surface area contributed by atoms with Crippen molar-refractivity contribution in [3.63, 3.8) is 0 Å². The summed E-state index contributed by atoms with van der Waals surface area (Å²) >= 11 is 0. The number of phenolic OH excluding ortho intramolecular Hbond substituents is 2. The number of likely N-dealkylation sites (N-methyl/N-ethyl adjacent to an activating group) is 1. The number of hydrogen-bond donors (Lipinski definition) is 6. The molecule has 1 fully saturated rings. The van der Waals surface area contributed by atoms with Gasteiger partial charge in [0, 0.05) is 58.9 Å². The minimum Gasteiger partial charge on any atom is -0.507 e. The van der Waals surface area contributed by atoms with Gasteiger partial charge in [-0.05, 0) is 126 Å². The number of nitrogens with one attached hydrogen (secondary N) is 3. The lowest BCUT2D eigenvalue weighted by Crippen LogP contribution is -2.40. The molecule has 5 unspecified atom stereocenters. The van der Waals surface area contributed by atoms with Gasteiger partial charge in [-0.1, -0.05) is 37.5 Å². The molecule has 0 radical (unpaired) electrons. The SMILES string of the molecule is CNCC1=Cc2c(O)ccc3c2C(Cc2c4c(c5c(c2-3)OC(CO)CC5)OC(c2ccc(O)c(OC)c2)C(OCNC2CCCCC2)C4)C1c1ccc2[nH]ccc2c1. The molecule has 1 saturated carbocycles. The molecule has 5 aromatic rings. The third-order valence-corrected chi connectivity index (χ3v) is 13.5. The molecule has 0 saturated heterocycles. The highest BCUT2D eigenvalue weighted by molar-refractivity contribution is 5.90. The van der Waals surface area contributed by atoms with E-state index in [2.05, 4.69) is 52.0 Å². The molecule has 3 aliphatic carbocycles. The lowest BCUT2D eigenvalue weighted by Gasteiger charge is -2.44. The van der Waals surface area contributed by atoms with Crippen molar-refractivity contribution in [2.24, 2.45) is 0 Å². The number of aromatic nitrogens is 1. The van der Waals surface area contributed by atoms with Crippen LogP contribution in [0.2, 0.25) is 0 Å². The van der Waals surface area contributed by atoms with Crippen molar-refractivity contribution in [3.8, 4) is 39.9 Å². The Morgan fingerprint density at radius 1 is 0.862 bits per heavy atom. The summed E-state index contributed by atoms with van der Waals surface area (Å²) in [7, 11) is 3.54. The summed E-state index contributed by atoms with van der Waals surface area (Å²) in [6.07, 6.45) is 11.7. The summed E-state index contributed by atoms with van der Waals surface area (Å²) in [4.78, 5) is 3.36. The lowest BCUT2D eigenvalue weighted by molar-refractivity contribution is -0.0486. The highest BCUT2D eigenvalue weighted by atomic mass is 16.6. The average molecular weight is 784 g/mol. The lowest BCUT2D eigenvalue weighted by atomic mass is 9.63. The number of rotatable bonds is 10. The Labute approximate surface area is 339 Å². The third-order valence-electron chi connectivity index (χ3n) is 13.5. The Hall–Kier alpha value is -5.00. The fraction of sp³-hybridized carbons (Fsp3) is 0.417. The summed E-state index contributed by atoms with van der Waals surface area (Å²) in [5, 5.41) is 40.8. The maximum Gasteiger partial charge on any atom is 0.160 e. The first-order chi connectivity index (χ1) is 28.4. The van der Waals surface area contributed by atoms with E-state index in [1.54, 1.807) is 13.2 Å². The van der Waals surface area contributed by atoms with Crippen molar-refractivity contribution in [2.75, 3.05) is 34.0 Å². The van der Waals surface area contributed by atoms with Crippen LogP contribution in [0.3, 0.4) is 0 Å². The first kappa shape index (κ1) is 37.3. The van der Waals surface area contributed by atoms with E-state index in [0.717, 1.165) is 68.8 Å². The largest absolute Gasteiger partial charge is 0.507 e. The van der Waals surface area contributed by atoms with Crippen LogP contribution in [-0.4, -0.2) is 72.6 Å². The number of fused-ring (bicyclic) bond motifs is 8. The van der Waals surface area contributed by atoms with Gasteiger partial charge in [0.05, 0.1) is 20.4 Å². The number of benzene rings is 4. The molecule has 0 bridgehead atoms. The summed E-state index contributed by atoms with van der Waals surface area (Å²) in [6, 6.07) is 18.6. The van der Waals surface area contributed by atoms with Gasteiger partial charge in [0.15, 0.2) is 17.6 Å². The van der Waals surface area contributed by atoms with Crippen molar-refractivity contribution in [3.05, 3.63) is 105 Å². The smallest absolute Gasteiger partial charge is 0.160 e. The molecule has 302 valence electrons. The van der Waals surface area contributed by atoms with E-state index < -0.39 is 6.10 Å². The molecule has 4 aromatic carbocycles. The highest BCUT2D eigenvalue weighted by Gasteiger charge is 2.45. The van der Waals surface area contributed by atoms with Crippen LogP contribution in [-0.2, 0) is 24.0 Å². The zero-order valence-corrected chi connectivity index (χ0v) is 33.3. The van der Waals surface area contributed by atoms with Crippen molar-refractivity contribution in [1.82, 2.24) is 15.6 Å². The molecule has 5 atom stereocenters. The van der Waals surface area contributed by atoms with Crippen LogP contribution in [0, 0.1) is 0 Å². The normalized spacial score (nSPS) is 23.5. The van der Waals surface area contributed by atoms with E-state index in [-0.39, 0.29) is 42.1 Å². The maximum absolute atomic E-state index is 11.5. The molecular weight excluding hydrogens is 731 g/mol. The Morgan fingerprint density at radius 3 is 2.53 bits per heavy atom. The van der Waals surface area contributed by atoms with Gasteiger partial charge in [-0.2, -0.15) is 0 Å². The first-order valence-electron chi connectivity index (χ1n) is 21.1. The van der Waals surface area contributed by atoms with E-state index in [0.29, 0.717) is 50.8 Å². The summed E-state index contributed by atoms with van der Waals surface area (Å²) in [5.74, 6) is 2.38. The summed E-state index contributed by atoms with van der Waals surface area (Å²) < 4.78 is 26.5. The number of hydrogen-bond acceptors (Lipinski definition) is 9. The summed E-state index contributed by atoms with van der Waals surface area (Å²) in [5.41, 5.74) is 11.8. The van der Waals surface area contributed by atoms with E-state index in [1.807, 2.05) is 31.4 Å². The van der Waals surface area contributed by atoms with Crippen molar-refractivity contribution in [1.29, 1.82) is 0 Å². The van der Waals surface area contributed by atoms with Crippen LogP contribution in [0.15, 0.2) is 66.4 Å². The molecule has 58 heavy (non-hydrogen) atoms. The highest BCUT2D eigenvalue weighted by Crippen LogP contribution is 2.60. The molecule has 2 aliphatic heterocycles. The van der Waals surface area contributed by atoms with Crippen LogP contribution in [0.25, 0.3) is 28.1 Å². The minimum absolute atomic E-state index is 0.0140. The van der Waals surface area contributed by atoms with Crippen LogP contribution in [0.1, 0.15) is 95.4 Å². The molecule has 5 aliphatic rings. The molecule has 3 heterocycles. The number of aliphatic hydroxyl groups is 1. The Balaban J connectivity index is 1.14. The minimum atomic E-state index is -0.479. The van der Waals surface area contributed by atoms with Gasteiger partial charge in [-0.15, -0.1) is 0 Å². The van der Waals surface area contributed by atoms with E-state index >= 15 is 0 Å². The third kappa shape index (κ3) is 6.32. The zero-order chi connectivity index (χ0) is 39.5. The van der Waals surface area contributed by atoms with Crippen LogP contribution in [0.4, 0.5) is 0 Å².